The summed E-state index contributed by atoms with van der Waals surface area (Å²) in [6, 6.07) is 5.11. The lowest BCUT2D eigenvalue weighted by atomic mass is 9.94. The molecule has 1 aliphatic rings. The van der Waals surface area contributed by atoms with Crippen LogP contribution in [0.3, 0.4) is 0 Å². The average molecular weight is 441 g/mol. The van der Waals surface area contributed by atoms with Gasteiger partial charge in [0.05, 0.1) is 10.7 Å². The lowest BCUT2D eigenvalue weighted by molar-refractivity contribution is -0.139. The monoisotopic (exact) mass is 439 g/mol. The molecule has 1 fully saturated rings. The van der Waals surface area contributed by atoms with E-state index in [0.29, 0.717) is 36.9 Å². The Hall–Kier alpha value is -0.880. The molecule has 0 bridgehead atoms. The van der Waals surface area contributed by atoms with Crippen LogP contribution in [0.25, 0.3) is 0 Å². The molecule has 0 aliphatic carbocycles. The summed E-state index contributed by atoms with van der Waals surface area (Å²) in [7, 11) is 0. The van der Waals surface area contributed by atoms with Gasteiger partial charge in [-0.15, -0.1) is 0 Å². The number of nitrogens with zero attached hydrogens (tertiary/aromatic N) is 2. The fraction of sp³-hybridized carbons (Fsp3) is 0.529. The zero-order chi connectivity index (χ0) is 19.7. The summed E-state index contributed by atoms with van der Waals surface area (Å²) in [5, 5.41) is 2.98. The van der Waals surface area contributed by atoms with Crippen LogP contribution in [0.15, 0.2) is 18.2 Å². The molecule has 1 N–H and O–H groups in total. The lowest BCUT2D eigenvalue weighted by Gasteiger charge is -2.39. The number of carbonyl (C=O) groups excluding carboxylic acids is 2. The third kappa shape index (κ3) is 5.32. The molecule has 0 saturated carbocycles. The lowest BCUT2D eigenvalue weighted by Crippen LogP contribution is -2.51. The molecule has 1 heterocycles. The highest BCUT2D eigenvalue weighted by Gasteiger charge is 2.31. The molecule has 1 aromatic rings. The fourth-order valence-corrected chi connectivity index (χ4v) is 3.11. The minimum atomic E-state index is -2.04. The fourth-order valence-electron chi connectivity index (χ4n) is 2.67. The first-order valence-corrected chi connectivity index (χ1v) is 9.63. The van der Waals surface area contributed by atoms with E-state index >= 15 is 0 Å². The highest BCUT2D eigenvalue weighted by molar-refractivity contribution is 6.76. The van der Waals surface area contributed by atoms with Gasteiger partial charge in [0.15, 0.2) is 0 Å². The van der Waals surface area contributed by atoms with Gasteiger partial charge in [0, 0.05) is 37.3 Å². The van der Waals surface area contributed by atoms with Crippen LogP contribution in [-0.4, -0.2) is 46.7 Å². The van der Waals surface area contributed by atoms with Gasteiger partial charge in [0.1, 0.15) is 0 Å². The van der Waals surface area contributed by atoms with Crippen LogP contribution in [0, 0.1) is 5.41 Å². The first kappa shape index (κ1) is 21.4. The van der Waals surface area contributed by atoms with Crippen molar-refractivity contribution in [1.82, 2.24) is 4.90 Å². The van der Waals surface area contributed by atoms with Crippen LogP contribution >= 0.6 is 46.4 Å². The Balaban J connectivity index is 2.03. The molecular weight excluding hydrogens is 420 g/mol. The second-order valence-corrected chi connectivity index (χ2v) is 9.84. The highest BCUT2D eigenvalue weighted by atomic mass is 35.6. The maximum atomic E-state index is 12.4. The van der Waals surface area contributed by atoms with Crippen molar-refractivity contribution in [2.24, 2.45) is 5.41 Å². The molecule has 1 aliphatic heterocycles. The van der Waals surface area contributed by atoms with E-state index in [4.69, 9.17) is 46.4 Å². The van der Waals surface area contributed by atoms with Crippen molar-refractivity contribution in [3.63, 3.8) is 0 Å². The van der Waals surface area contributed by atoms with Crippen molar-refractivity contribution in [2.45, 2.75) is 24.6 Å². The SMILES string of the molecule is CC(C)(C)C(=O)N1CCN(c2ccc(NC(=O)C(Cl)(Cl)Cl)cc2Cl)CC1. The predicted octanol–water partition coefficient (Wildman–Crippen LogP) is 4.34. The molecule has 0 atom stereocenters. The molecule has 0 aromatic heterocycles. The summed E-state index contributed by atoms with van der Waals surface area (Å²) in [6.07, 6.45) is 0. The number of anilines is 2. The molecule has 144 valence electrons. The number of amides is 2. The molecule has 9 heteroatoms. The van der Waals surface area contributed by atoms with Gasteiger partial charge >= 0.3 is 0 Å². The van der Waals surface area contributed by atoms with Crippen LogP contribution in [0.1, 0.15) is 20.8 Å². The Morgan fingerprint density at radius 2 is 1.62 bits per heavy atom. The Labute approximate surface area is 173 Å². The standard InChI is InChI=1S/C17H21Cl4N3O2/c1-16(2,3)15(26)24-8-6-23(7-9-24)13-5-4-11(10-12(13)18)22-14(25)17(19,20)21/h4-5,10H,6-9H2,1-3H3,(H,22,25). The number of halogens is 4. The smallest absolute Gasteiger partial charge is 0.276 e. The summed E-state index contributed by atoms with van der Waals surface area (Å²) in [4.78, 5) is 28.1. The van der Waals surface area contributed by atoms with Crippen molar-refractivity contribution in [2.75, 3.05) is 36.4 Å². The largest absolute Gasteiger partial charge is 0.367 e. The average Bonchev–Trinajstić information content (AvgIpc) is 2.53. The van der Waals surface area contributed by atoms with Crippen molar-refractivity contribution in [3.05, 3.63) is 23.2 Å². The molecule has 1 saturated heterocycles. The highest BCUT2D eigenvalue weighted by Crippen LogP contribution is 2.32. The van der Waals surface area contributed by atoms with Gasteiger partial charge in [-0.2, -0.15) is 0 Å². The van der Waals surface area contributed by atoms with Crippen LogP contribution in [-0.2, 0) is 9.59 Å². The summed E-state index contributed by atoms with van der Waals surface area (Å²) >= 11 is 23.0. The van der Waals surface area contributed by atoms with Crippen LogP contribution in [0.4, 0.5) is 11.4 Å². The minimum absolute atomic E-state index is 0.146. The Morgan fingerprint density at radius 3 is 2.08 bits per heavy atom. The summed E-state index contributed by atoms with van der Waals surface area (Å²) in [5.74, 6) is -0.603. The van der Waals surface area contributed by atoms with E-state index in [2.05, 4.69) is 10.2 Å². The van der Waals surface area contributed by atoms with E-state index in [0.717, 1.165) is 5.69 Å². The third-order valence-electron chi connectivity index (χ3n) is 4.01. The quantitative estimate of drug-likeness (QED) is 0.695. The molecule has 1 aromatic carbocycles. The van der Waals surface area contributed by atoms with Gasteiger partial charge in [-0.1, -0.05) is 67.2 Å². The van der Waals surface area contributed by atoms with E-state index in [1.54, 1.807) is 18.2 Å². The van der Waals surface area contributed by atoms with Gasteiger partial charge in [0.2, 0.25) is 5.91 Å². The predicted molar refractivity (Wildman–Crippen MR) is 109 cm³/mol. The number of hydrogen-bond acceptors (Lipinski definition) is 3. The van der Waals surface area contributed by atoms with Crippen molar-refractivity contribution in [3.8, 4) is 0 Å². The van der Waals surface area contributed by atoms with Gasteiger partial charge in [0.25, 0.3) is 9.70 Å². The van der Waals surface area contributed by atoms with E-state index < -0.39 is 9.70 Å². The maximum Gasteiger partial charge on any atom is 0.276 e. The first-order chi connectivity index (χ1) is 11.9. The number of piperazine rings is 1. The normalized spacial score (nSPS) is 15.8. The molecule has 26 heavy (non-hydrogen) atoms. The van der Waals surface area contributed by atoms with E-state index in [-0.39, 0.29) is 11.3 Å². The van der Waals surface area contributed by atoms with Gasteiger partial charge in [-0.05, 0) is 18.2 Å². The second-order valence-electron chi connectivity index (χ2n) is 7.15. The van der Waals surface area contributed by atoms with E-state index in [9.17, 15) is 9.59 Å². The van der Waals surface area contributed by atoms with Crippen LogP contribution in [0.2, 0.25) is 5.02 Å². The number of nitrogens with one attached hydrogen (secondary N) is 1. The van der Waals surface area contributed by atoms with Crippen molar-refractivity contribution < 1.29 is 9.59 Å². The molecule has 0 spiro atoms. The van der Waals surface area contributed by atoms with Crippen LogP contribution < -0.4 is 10.2 Å². The zero-order valence-corrected chi connectivity index (χ0v) is 17.8. The molecule has 2 amide bonds. The second kappa shape index (κ2) is 8.01. The summed E-state index contributed by atoms with van der Waals surface area (Å²) in [6.45, 7) is 8.40. The Kier molecular flexibility index (Phi) is 6.60. The van der Waals surface area contributed by atoms with Gasteiger partial charge < -0.3 is 15.1 Å². The minimum Gasteiger partial charge on any atom is -0.367 e. The van der Waals surface area contributed by atoms with Crippen LogP contribution in [0.5, 0.6) is 0 Å². The molecule has 0 radical (unpaired) electrons. The Bertz CT molecular complexity index is 690. The number of alkyl halides is 3. The van der Waals surface area contributed by atoms with E-state index in [1.807, 2.05) is 25.7 Å². The summed E-state index contributed by atoms with van der Waals surface area (Å²) < 4.78 is -2.04. The third-order valence-corrected chi connectivity index (χ3v) is 4.83. The molecule has 0 unspecified atom stereocenters. The maximum absolute atomic E-state index is 12.4. The number of hydrogen-bond donors (Lipinski definition) is 1. The molecular formula is C17H21Cl4N3O2. The number of benzene rings is 1. The van der Waals surface area contributed by atoms with Crippen molar-refractivity contribution in [1.29, 1.82) is 0 Å². The summed E-state index contributed by atoms with van der Waals surface area (Å²) in [5.41, 5.74) is 0.889. The first-order valence-electron chi connectivity index (χ1n) is 8.11. The topological polar surface area (TPSA) is 52.7 Å². The van der Waals surface area contributed by atoms with Gasteiger partial charge in [-0.3, -0.25) is 9.59 Å². The van der Waals surface area contributed by atoms with Gasteiger partial charge in [-0.25, -0.2) is 0 Å². The number of rotatable bonds is 2. The Morgan fingerprint density at radius 1 is 1.04 bits per heavy atom. The number of carbonyl (C=O) groups is 2. The molecule has 5 nitrogen and oxygen atoms in total. The van der Waals surface area contributed by atoms with Crippen molar-refractivity contribution >= 4 is 69.6 Å². The van der Waals surface area contributed by atoms with E-state index in [1.165, 1.54) is 0 Å². The zero-order valence-electron chi connectivity index (χ0n) is 14.8. The molecule has 2 rings (SSSR count).